The van der Waals surface area contributed by atoms with E-state index in [1.807, 2.05) is 18.2 Å². The molecule has 2 rings (SSSR count). The van der Waals surface area contributed by atoms with Crippen LogP contribution in [-0.2, 0) is 6.54 Å². The molecule has 0 saturated heterocycles. The molecule has 4 N–H and O–H groups in total. The predicted octanol–water partition coefficient (Wildman–Crippen LogP) is 0.734. The van der Waals surface area contributed by atoms with E-state index in [4.69, 9.17) is 15.3 Å². The lowest BCUT2D eigenvalue weighted by molar-refractivity contribution is 0.174. The molecule has 0 saturated carbocycles. The Balaban J connectivity index is 1.98. The van der Waals surface area contributed by atoms with Gasteiger partial charge < -0.3 is 14.8 Å². The van der Waals surface area contributed by atoms with E-state index in [-0.39, 0.29) is 6.79 Å². The third kappa shape index (κ3) is 3.04. The van der Waals surface area contributed by atoms with Gasteiger partial charge in [-0.2, -0.15) is 0 Å². The monoisotopic (exact) mass is 250 g/mol. The van der Waals surface area contributed by atoms with Crippen molar-refractivity contribution in [2.75, 3.05) is 13.3 Å². The average Bonchev–Trinajstić information content (AvgIpc) is 2.86. The van der Waals surface area contributed by atoms with Crippen LogP contribution in [0.25, 0.3) is 0 Å². The first-order chi connectivity index (χ1) is 8.83. The molecule has 6 nitrogen and oxygen atoms in total. The molecule has 0 amide bonds. The Morgan fingerprint density at radius 3 is 3.00 bits per heavy atom. The zero-order valence-corrected chi connectivity index (χ0v) is 10.4. The summed E-state index contributed by atoms with van der Waals surface area (Å²) in [5.74, 6) is 7.52. The van der Waals surface area contributed by atoms with E-state index in [1.165, 1.54) is 0 Å². The molecule has 0 spiro atoms. The van der Waals surface area contributed by atoms with E-state index in [0.717, 1.165) is 30.0 Å². The maximum atomic E-state index is 5.38. The molecule has 98 valence electrons. The van der Waals surface area contributed by atoms with Crippen molar-refractivity contribution in [3.8, 4) is 11.5 Å². The molecule has 0 bridgehead atoms. The summed E-state index contributed by atoms with van der Waals surface area (Å²) in [5.41, 5.74) is 3.59. The summed E-state index contributed by atoms with van der Waals surface area (Å²) in [6, 6.07) is 5.78. The summed E-state index contributed by atoms with van der Waals surface area (Å²) in [5, 5.41) is 3.10. The molecule has 18 heavy (non-hydrogen) atoms. The van der Waals surface area contributed by atoms with E-state index in [0.29, 0.717) is 12.5 Å². The van der Waals surface area contributed by atoms with Gasteiger partial charge in [-0.15, -0.1) is 0 Å². The Labute approximate surface area is 106 Å². The lowest BCUT2D eigenvalue weighted by Crippen LogP contribution is -2.41. The Bertz CT molecular complexity index is 434. The first-order valence-corrected chi connectivity index (χ1v) is 5.97. The van der Waals surface area contributed by atoms with Gasteiger partial charge in [0.25, 0.3) is 0 Å². The van der Waals surface area contributed by atoms with Gasteiger partial charge in [-0.1, -0.05) is 13.0 Å². The largest absolute Gasteiger partial charge is 0.454 e. The molecule has 0 atom stereocenters. The molecule has 0 fully saturated rings. The quantitative estimate of drug-likeness (QED) is 0.318. The smallest absolute Gasteiger partial charge is 0.231 e. The third-order valence-electron chi connectivity index (χ3n) is 2.54. The van der Waals surface area contributed by atoms with E-state index < -0.39 is 0 Å². The van der Waals surface area contributed by atoms with Gasteiger partial charge in [0.1, 0.15) is 0 Å². The topological polar surface area (TPSA) is 80.9 Å². The maximum Gasteiger partial charge on any atom is 0.231 e. The molecule has 0 unspecified atom stereocenters. The number of hydrogen-bond acceptors (Lipinski definition) is 4. The van der Waals surface area contributed by atoms with Crippen molar-refractivity contribution in [2.24, 2.45) is 10.8 Å². The molecule has 1 aliphatic rings. The summed E-state index contributed by atoms with van der Waals surface area (Å²) in [7, 11) is 0. The molecule has 1 heterocycles. The van der Waals surface area contributed by atoms with Gasteiger partial charge in [0.05, 0.1) is 6.54 Å². The second kappa shape index (κ2) is 6.11. The zero-order valence-electron chi connectivity index (χ0n) is 10.4. The van der Waals surface area contributed by atoms with Crippen molar-refractivity contribution in [3.05, 3.63) is 23.8 Å². The van der Waals surface area contributed by atoms with Crippen molar-refractivity contribution >= 4 is 5.96 Å². The number of ether oxygens (including phenoxy) is 2. The van der Waals surface area contributed by atoms with Crippen LogP contribution in [0.15, 0.2) is 23.2 Å². The lowest BCUT2D eigenvalue weighted by atomic mass is 10.2. The summed E-state index contributed by atoms with van der Waals surface area (Å²) >= 11 is 0. The summed E-state index contributed by atoms with van der Waals surface area (Å²) in [4.78, 5) is 4.35. The van der Waals surface area contributed by atoms with Gasteiger partial charge in [-0.3, -0.25) is 5.43 Å². The second-order valence-electron chi connectivity index (χ2n) is 3.92. The van der Waals surface area contributed by atoms with Crippen LogP contribution in [0.5, 0.6) is 11.5 Å². The SMILES string of the molecule is CCCNC(=NCc1ccc2c(c1)OCO2)NN. The Morgan fingerprint density at radius 1 is 1.39 bits per heavy atom. The van der Waals surface area contributed by atoms with Crippen LogP contribution in [0.2, 0.25) is 0 Å². The van der Waals surface area contributed by atoms with E-state index in [9.17, 15) is 0 Å². The highest BCUT2D eigenvalue weighted by Gasteiger charge is 2.12. The molecule has 0 radical (unpaired) electrons. The van der Waals surface area contributed by atoms with E-state index in [2.05, 4.69) is 22.7 Å². The predicted molar refractivity (Wildman–Crippen MR) is 69.3 cm³/mol. The van der Waals surface area contributed by atoms with E-state index in [1.54, 1.807) is 0 Å². The fourth-order valence-electron chi connectivity index (χ4n) is 1.61. The number of benzene rings is 1. The average molecular weight is 250 g/mol. The van der Waals surface area contributed by atoms with Crippen molar-refractivity contribution in [1.82, 2.24) is 10.7 Å². The van der Waals surface area contributed by atoms with Gasteiger partial charge >= 0.3 is 0 Å². The van der Waals surface area contributed by atoms with Gasteiger partial charge in [-0.05, 0) is 24.1 Å². The van der Waals surface area contributed by atoms with Crippen LogP contribution in [-0.4, -0.2) is 19.3 Å². The van der Waals surface area contributed by atoms with E-state index >= 15 is 0 Å². The number of fused-ring (bicyclic) bond motifs is 1. The molecule has 0 aromatic heterocycles. The number of nitrogens with one attached hydrogen (secondary N) is 2. The molecular formula is C12H18N4O2. The van der Waals surface area contributed by atoms with Gasteiger partial charge in [0.2, 0.25) is 12.8 Å². The Morgan fingerprint density at radius 2 is 2.22 bits per heavy atom. The molecule has 1 aliphatic heterocycles. The van der Waals surface area contributed by atoms with Gasteiger partial charge in [0.15, 0.2) is 11.5 Å². The van der Waals surface area contributed by atoms with Gasteiger partial charge in [-0.25, -0.2) is 10.8 Å². The fraction of sp³-hybridized carbons (Fsp3) is 0.417. The van der Waals surface area contributed by atoms with Gasteiger partial charge in [0, 0.05) is 6.54 Å². The number of nitrogens with two attached hydrogens (primary N) is 1. The number of aliphatic imine (C=N–C) groups is 1. The fourth-order valence-corrected chi connectivity index (χ4v) is 1.61. The Hall–Kier alpha value is -1.95. The summed E-state index contributed by atoms with van der Waals surface area (Å²) in [6.45, 7) is 3.74. The minimum atomic E-state index is 0.287. The van der Waals surface area contributed by atoms with Crippen LogP contribution in [0, 0.1) is 0 Å². The van der Waals surface area contributed by atoms with Crippen molar-refractivity contribution < 1.29 is 9.47 Å². The van der Waals surface area contributed by atoms with Crippen molar-refractivity contribution in [1.29, 1.82) is 0 Å². The lowest BCUT2D eigenvalue weighted by Gasteiger charge is -2.07. The normalized spacial score (nSPS) is 13.6. The van der Waals surface area contributed by atoms with Crippen LogP contribution in [0.1, 0.15) is 18.9 Å². The van der Waals surface area contributed by atoms with Crippen molar-refractivity contribution in [2.45, 2.75) is 19.9 Å². The zero-order chi connectivity index (χ0) is 12.8. The number of nitrogens with zero attached hydrogens (tertiary/aromatic N) is 1. The number of hydrogen-bond donors (Lipinski definition) is 3. The molecular weight excluding hydrogens is 232 g/mol. The third-order valence-corrected chi connectivity index (χ3v) is 2.54. The van der Waals surface area contributed by atoms with Crippen molar-refractivity contribution in [3.63, 3.8) is 0 Å². The summed E-state index contributed by atoms with van der Waals surface area (Å²) in [6.07, 6.45) is 1.02. The molecule has 1 aromatic rings. The standard InChI is InChI=1S/C12H18N4O2/c1-2-5-14-12(16-13)15-7-9-3-4-10-11(6-9)18-8-17-10/h3-4,6H,2,5,7-8,13H2,1H3,(H2,14,15,16). The molecule has 1 aromatic carbocycles. The highest BCUT2D eigenvalue weighted by molar-refractivity contribution is 5.79. The minimum Gasteiger partial charge on any atom is -0.454 e. The number of guanidine groups is 1. The van der Waals surface area contributed by atoms with Crippen LogP contribution < -0.4 is 26.1 Å². The summed E-state index contributed by atoms with van der Waals surface area (Å²) < 4.78 is 10.6. The number of rotatable bonds is 4. The van der Waals surface area contributed by atoms with Crippen LogP contribution in [0.3, 0.4) is 0 Å². The Kier molecular flexibility index (Phi) is 4.25. The first kappa shape index (κ1) is 12.5. The minimum absolute atomic E-state index is 0.287. The van der Waals surface area contributed by atoms with Crippen LogP contribution in [0.4, 0.5) is 0 Å². The van der Waals surface area contributed by atoms with Crippen LogP contribution >= 0.6 is 0 Å². The molecule has 0 aliphatic carbocycles. The second-order valence-corrected chi connectivity index (χ2v) is 3.92. The molecule has 6 heteroatoms. The first-order valence-electron chi connectivity index (χ1n) is 5.97. The highest BCUT2D eigenvalue weighted by atomic mass is 16.7. The maximum absolute atomic E-state index is 5.38. The number of hydrazine groups is 1. The highest BCUT2D eigenvalue weighted by Crippen LogP contribution is 2.32.